The summed E-state index contributed by atoms with van der Waals surface area (Å²) in [6.07, 6.45) is -5.52. The third kappa shape index (κ3) is 3.51. The van der Waals surface area contributed by atoms with Crippen molar-refractivity contribution in [1.82, 2.24) is 9.97 Å². The number of nitrogens with zero attached hydrogens (tertiary/aromatic N) is 2. The molecule has 0 spiro atoms. The summed E-state index contributed by atoms with van der Waals surface area (Å²) in [6, 6.07) is 0.964. The fraction of sp³-hybridized carbons (Fsp3) is 0.643. The van der Waals surface area contributed by atoms with Crippen LogP contribution in [0.1, 0.15) is 37.6 Å². The summed E-state index contributed by atoms with van der Waals surface area (Å²) in [7, 11) is 0. The molecule has 9 heteroatoms. The van der Waals surface area contributed by atoms with Crippen LogP contribution in [0.15, 0.2) is 11.2 Å². The van der Waals surface area contributed by atoms with E-state index in [2.05, 4.69) is 9.97 Å². The Kier molecular flexibility index (Phi) is 4.37. The van der Waals surface area contributed by atoms with E-state index in [9.17, 15) is 18.0 Å². The Morgan fingerprint density at radius 2 is 2.09 bits per heavy atom. The maximum Gasteiger partial charge on any atom is 0.433 e. The fourth-order valence-electron chi connectivity index (χ4n) is 2.40. The third-order valence-electron chi connectivity index (χ3n) is 3.65. The first kappa shape index (κ1) is 16.7. The Labute approximate surface area is 135 Å². The van der Waals surface area contributed by atoms with E-state index in [1.807, 2.05) is 0 Å². The second-order valence-electron chi connectivity index (χ2n) is 5.78. The van der Waals surface area contributed by atoms with Gasteiger partial charge in [-0.3, -0.25) is 4.79 Å². The topological polar surface area (TPSA) is 61.3 Å². The predicted molar refractivity (Wildman–Crippen MR) is 75.0 cm³/mol. The van der Waals surface area contributed by atoms with E-state index in [1.165, 1.54) is 0 Å². The van der Waals surface area contributed by atoms with Crippen LogP contribution in [0.4, 0.5) is 13.2 Å². The molecule has 2 fully saturated rings. The van der Waals surface area contributed by atoms with E-state index in [0.29, 0.717) is 5.69 Å². The van der Waals surface area contributed by atoms with Gasteiger partial charge in [-0.25, -0.2) is 9.97 Å². The van der Waals surface area contributed by atoms with E-state index in [4.69, 9.17) is 9.47 Å². The van der Waals surface area contributed by atoms with Gasteiger partial charge in [-0.05, 0) is 12.0 Å². The smallest absolute Gasteiger partial charge is 0.343 e. The van der Waals surface area contributed by atoms with E-state index < -0.39 is 18.2 Å². The van der Waals surface area contributed by atoms with E-state index in [1.54, 1.807) is 13.8 Å². The van der Waals surface area contributed by atoms with Gasteiger partial charge in [0.25, 0.3) is 0 Å². The van der Waals surface area contributed by atoms with Crippen LogP contribution in [0, 0.1) is 0 Å². The van der Waals surface area contributed by atoms with Crippen molar-refractivity contribution < 1.29 is 27.4 Å². The largest absolute Gasteiger partial charge is 0.433 e. The molecular formula is C14H15F3N2O3S. The first-order valence-electron chi connectivity index (χ1n) is 7.16. The van der Waals surface area contributed by atoms with Crippen LogP contribution in [0.2, 0.25) is 0 Å². The summed E-state index contributed by atoms with van der Waals surface area (Å²) >= 11 is 1.04. The molecule has 2 saturated heterocycles. The first-order chi connectivity index (χ1) is 10.7. The number of hydrogen-bond donors (Lipinski definition) is 0. The standard InChI is InChI=1S/C14H15F3N2O3S/c1-6(2)7-3-11(14(15,16)17)19-13(18-7)23-10-4-8(20)12-21-5-9(10)22-12/h3,6,9-10,12H,4-5H2,1-2H3/t9-,10-,12-/m0/s1. The van der Waals surface area contributed by atoms with Crippen LogP contribution in [-0.2, 0) is 20.4 Å². The highest BCUT2D eigenvalue weighted by Gasteiger charge is 2.44. The highest BCUT2D eigenvalue weighted by atomic mass is 32.2. The molecule has 1 aromatic heterocycles. The number of carbonyl (C=O) groups excluding carboxylic acids is 1. The molecule has 2 aliphatic heterocycles. The number of rotatable bonds is 3. The van der Waals surface area contributed by atoms with Gasteiger partial charge < -0.3 is 9.47 Å². The number of carbonyl (C=O) groups is 1. The van der Waals surface area contributed by atoms with Crippen molar-refractivity contribution in [3.05, 3.63) is 17.5 Å². The van der Waals surface area contributed by atoms with Gasteiger partial charge in [0.1, 0.15) is 5.69 Å². The van der Waals surface area contributed by atoms with Gasteiger partial charge in [-0.1, -0.05) is 25.6 Å². The number of fused-ring (bicyclic) bond motifs is 2. The molecule has 1 aromatic rings. The normalized spacial score (nSPS) is 27.7. The average Bonchev–Trinajstić information content (AvgIpc) is 2.89. The zero-order chi connectivity index (χ0) is 16.8. The average molecular weight is 348 g/mol. The van der Waals surface area contributed by atoms with Gasteiger partial charge in [0.2, 0.25) is 6.29 Å². The molecule has 0 aliphatic carbocycles. The molecule has 0 aromatic carbocycles. The molecule has 2 bridgehead atoms. The highest BCUT2D eigenvalue weighted by Crippen LogP contribution is 2.37. The van der Waals surface area contributed by atoms with Crippen LogP contribution in [0.5, 0.6) is 0 Å². The van der Waals surface area contributed by atoms with Crippen LogP contribution in [0.3, 0.4) is 0 Å². The molecule has 5 nitrogen and oxygen atoms in total. The summed E-state index contributed by atoms with van der Waals surface area (Å²) in [5.74, 6) is -0.366. The van der Waals surface area contributed by atoms with Crippen LogP contribution >= 0.6 is 11.8 Å². The quantitative estimate of drug-likeness (QED) is 0.783. The molecule has 2 aliphatic rings. The van der Waals surface area contributed by atoms with Gasteiger partial charge in [-0.2, -0.15) is 13.2 Å². The third-order valence-corrected chi connectivity index (χ3v) is 4.82. The van der Waals surface area contributed by atoms with Crippen molar-refractivity contribution in [2.24, 2.45) is 0 Å². The lowest BCUT2D eigenvalue weighted by molar-refractivity contribution is -0.151. The molecule has 0 saturated carbocycles. The zero-order valence-electron chi connectivity index (χ0n) is 12.5. The minimum absolute atomic E-state index is 0.00951. The lowest BCUT2D eigenvalue weighted by atomic mass is 10.1. The summed E-state index contributed by atoms with van der Waals surface area (Å²) in [6.45, 7) is 3.78. The Hall–Kier alpha value is -1.19. The number of hydrogen-bond acceptors (Lipinski definition) is 6. The number of aromatic nitrogens is 2. The number of ether oxygens (including phenoxy) is 2. The van der Waals surface area contributed by atoms with Crippen LogP contribution in [0.25, 0.3) is 0 Å². The molecule has 0 amide bonds. The minimum atomic E-state index is -4.54. The van der Waals surface area contributed by atoms with Crippen molar-refractivity contribution >= 4 is 17.5 Å². The summed E-state index contributed by atoms with van der Waals surface area (Å²) < 4.78 is 49.6. The van der Waals surface area contributed by atoms with Crippen LogP contribution in [-0.4, -0.2) is 40.0 Å². The number of halogens is 3. The zero-order valence-corrected chi connectivity index (χ0v) is 13.3. The number of thioether (sulfide) groups is 1. The molecule has 3 heterocycles. The molecule has 3 atom stereocenters. The summed E-state index contributed by atoms with van der Waals surface area (Å²) in [5, 5.41) is -0.333. The summed E-state index contributed by atoms with van der Waals surface area (Å²) in [5.41, 5.74) is -0.652. The second-order valence-corrected chi connectivity index (χ2v) is 6.99. The maximum absolute atomic E-state index is 13.0. The van der Waals surface area contributed by atoms with Crippen molar-refractivity contribution in [2.75, 3.05) is 6.61 Å². The molecule has 126 valence electrons. The Bertz CT molecular complexity index is 624. The number of Topliss-reactive ketones (excluding diaryl/α,β-unsaturated/α-hetero) is 1. The Morgan fingerprint density at radius 3 is 2.74 bits per heavy atom. The number of ketones is 1. The van der Waals surface area contributed by atoms with Crippen LogP contribution < -0.4 is 0 Å². The van der Waals surface area contributed by atoms with Crippen molar-refractivity contribution in [1.29, 1.82) is 0 Å². The van der Waals surface area contributed by atoms with E-state index in [-0.39, 0.29) is 41.2 Å². The minimum Gasteiger partial charge on any atom is -0.343 e. The fourth-order valence-corrected chi connectivity index (χ4v) is 3.52. The molecule has 0 N–H and O–H groups in total. The van der Waals surface area contributed by atoms with E-state index in [0.717, 1.165) is 17.8 Å². The highest BCUT2D eigenvalue weighted by molar-refractivity contribution is 7.99. The maximum atomic E-state index is 13.0. The van der Waals surface area contributed by atoms with Crippen molar-refractivity contribution in [3.63, 3.8) is 0 Å². The van der Waals surface area contributed by atoms with E-state index >= 15 is 0 Å². The monoisotopic (exact) mass is 348 g/mol. The lowest BCUT2D eigenvalue weighted by Gasteiger charge is -2.25. The van der Waals surface area contributed by atoms with Crippen molar-refractivity contribution in [3.8, 4) is 0 Å². The Balaban J connectivity index is 1.87. The molecule has 0 radical (unpaired) electrons. The Morgan fingerprint density at radius 1 is 1.35 bits per heavy atom. The number of alkyl halides is 3. The predicted octanol–water partition coefficient (Wildman–Crippen LogP) is 2.79. The molecule has 23 heavy (non-hydrogen) atoms. The van der Waals surface area contributed by atoms with Gasteiger partial charge in [0.15, 0.2) is 10.9 Å². The van der Waals surface area contributed by atoms with Gasteiger partial charge >= 0.3 is 6.18 Å². The summed E-state index contributed by atoms with van der Waals surface area (Å²) in [4.78, 5) is 19.6. The van der Waals surface area contributed by atoms with Gasteiger partial charge in [0.05, 0.1) is 12.7 Å². The van der Waals surface area contributed by atoms with Gasteiger partial charge in [-0.15, -0.1) is 0 Å². The first-order valence-corrected chi connectivity index (χ1v) is 8.04. The van der Waals surface area contributed by atoms with Crippen molar-refractivity contribution in [2.45, 2.75) is 55.2 Å². The SMILES string of the molecule is CC(C)c1cc(C(F)(F)F)nc(S[C@H]2CC(=O)[C@H]3OC[C@@H]2O3)n1. The second kappa shape index (κ2) is 6.03. The van der Waals surface area contributed by atoms with Gasteiger partial charge in [0, 0.05) is 17.4 Å². The molecular weight excluding hydrogens is 333 g/mol. The molecule has 3 rings (SSSR count). The molecule has 0 unspecified atom stereocenters. The lowest BCUT2D eigenvalue weighted by Crippen LogP contribution is -2.37.